The molecule has 0 radical (unpaired) electrons. The van der Waals surface area contributed by atoms with Gasteiger partial charge in [-0.25, -0.2) is 18.6 Å². The Bertz CT molecular complexity index is 398. The lowest BCUT2D eigenvalue weighted by atomic mass is 10.1. The van der Waals surface area contributed by atoms with Crippen LogP contribution < -0.4 is 4.74 Å². The molecule has 0 atom stereocenters. The van der Waals surface area contributed by atoms with E-state index in [2.05, 4.69) is 9.72 Å². The van der Waals surface area contributed by atoms with Crippen LogP contribution in [0, 0.1) is 0 Å². The van der Waals surface area contributed by atoms with Crippen LogP contribution in [0.5, 0.6) is 5.75 Å². The second kappa shape index (κ2) is 4.39. The van der Waals surface area contributed by atoms with Gasteiger partial charge in [0.1, 0.15) is 16.5 Å². The van der Waals surface area contributed by atoms with Crippen molar-refractivity contribution in [2.45, 2.75) is 6.43 Å². The van der Waals surface area contributed by atoms with Gasteiger partial charge in [0.15, 0.2) is 0 Å². The molecule has 0 aliphatic heterocycles. The normalized spacial score (nSPS) is 10.5. The molecule has 0 fully saturated rings. The maximum Gasteiger partial charge on any atom is 0.339 e. The van der Waals surface area contributed by atoms with E-state index >= 15 is 0 Å². The zero-order valence-electron chi connectivity index (χ0n) is 7.50. The quantitative estimate of drug-likeness (QED) is 0.820. The summed E-state index contributed by atoms with van der Waals surface area (Å²) in [6, 6.07) is 0. The van der Waals surface area contributed by atoms with Gasteiger partial charge in [0.2, 0.25) is 0 Å². The summed E-state index contributed by atoms with van der Waals surface area (Å²) in [5, 5.41) is 8.21. The highest BCUT2D eigenvalue weighted by molar-refractivity contribution is 6.32. The summed E-state index contributed by atoms with van der Waals surface area (Å²) in [5.41, 5.74) is -1.49. The van der Waals surface area contributed by atoms with E-state index in [0.29, 0.717) is 0 Å². The molecule has 0 spiro atoms. The number of nitrogens with zero attached hydrogens (tertiary/aromatic N) is 1. The lowest BCUT2D eigenvalue weighted by Gasteiger charge is -2.10. The van der Waals surface area contributed by atoms with Crippen LogP contribution >= 0.6 is 11.6 Å². The van der Waals surface area contributed by atoms with E-state index in [1.54, 1.807) is 0 Å². The Hall–Kier alpha value is -1.43. The van der Waals surface area contributed by atoms with Crippen LogP contribution in [-0.4, -0.2) is 23.2 Å². The molecule has 0 bridgehead atoms. The monoisotopic (exact) mass is 237 g/mol. The minimum atomic E-state index is -2.99. The van der Waals surface area contributed by atoms with Crippen LogP contribution in [0.4, 0.5) is 8.78 Å². The van der Waals surface area contributed by atoms with Crippen LogP contribution in [-0.2, 0) is 0 Å². The van der Waals surface area contributed by atoms with Crippen molar-refractivity contribution in [3.63, 3.8) is 0 Å². The zero-order valence-corrected chi connectivity index (χ0v) is 8.26. The van der Waals surface area contributed by atoms with Crippen LogP contribution in [0.1, 0.15) is 22.3 Å². The van der Waals surface area contributed by atoms with E-state index in [1.807, 2.05) is 0 Å². The number of carbonyl (C=O) groups is 1. The van der Waals surface area contributed by atoms with Gasteiger partial charge in [-0.3, -0.25) is 0 Å². The van der Waals surface area contributed by atoms with Crippen molar-refractivity contribution in [1.82, 2.24) is 4.98 Å². The number of alkyl halides is 2. The Kier molecular flexibility index (Phi) is 3.41. The predicted molar refractivity (Wildman–Crippen MR) is 47.7 cm³/mol. The Balaban J connectivity index is 3.51. The van der Waals surface area contributed by atoms with Gasteiger partial charge in [-0.1, -0.05) is 11.6 Å². The first-order valence-corrected chi connectivity index (χ1v) is 4.10. The lowest BCUT2D eigenvalue weighted by Crippen LogP contribution is -2.07. The van der Waals surface area contributed by atoms with Gasteiger partial charge in [-0.05, 0) is 0 Å². The Morgan fingerprint density at radius 2 is 2.27 bits per heavy atom. The summed E-state index contributed by atoms with van der Waals surface area (Å²) in [4.78, 5) is 14.1. The van der Waals surface area contributed by atoms with Crippen molar-refractivity contribution in [3.05, 3.63) is 22.5 Å². The SMILES string of the molecule is COc1cnc(Cl)c(C(=O)O)c1C(F)F. The molecule has 1 aromatic rings. The molecule has 1 N–H and O–H groups in total. The van der Waals surface area contributed by atoms with Crippen LogP contribution in [0.25, 0.3) is 0 Å². The highest BCUT2D eigenvalue weighted by Crippen LogP contribution is 2.34. The van der Waals surface area contributed by atoms with Crippen molar-refractivity contribution < 1.29 is 23.4 Å². The average Bonchev–Trinajstić information content (AvgIpc) is 2.16. The fourth-order valence-electron chi connectivity index (χ4n) is 1.07. The summed E-state index contributed by atoms with van der Waals surface area (Å²) < 4.78 is 29.8. The van der Waals surface area contributed by atoms with Crippen LogP contribution in [0.2, 0.25) is 5.15 Å². The smallest absolute Gasteiger partial charge is 0.339 e. The number of pyridine rings is 1. The molecule has 0 unspecified atom stereocenters. The average molecular weight is 238 g/mol. The van der Waals surface area contributed by atoms with E-state index in [-0.39, 0.29) is 5.75 Å². The number of carboxylic acids is 1. The molecule has 7 heteroatoms. The first kappa shape index (κ1) is 11.6. The van der Waals surface area contributed by atoms with Gasteiger partial charge in [-0.2, -0.15) is 0 Å². The van der Waals surface area contributed by atoms with E-state index < -0.39 is 28.7 Å². The molecule has 0 saturated carbocycles. The zero-order chi connectivity index (χ0) is 11.6. The van der Waals surface area contributed by atoms with E-state index in [4.69, 9.17) is 16.7 Å². The molecule has 0 saturated heterocycles. The summed E-state index contributed by atoms with van der Waals surface area (Å²) in [7, 11) is 1.14. The number of ether oxygens (including phenoxy) is 1. The number of methoxy groups -OCH3 is 1. The lowest BCUT2D eigenvalue weighted by molar-refractivity contribution is 0.0682. The summed E-state index contributed by atoms with van der Waals surface area (Å²) in [5.74, 6) is -1.87. The van der Waals surface area contributed by atoms with Gasteiger partial charge < -0.3 is 9.84 Å². The topological polar surface area (TPSA) is 59.4 Å². The minimum absolute atomic E-state index is 0.299. The third-order valence-electron chi connectivity index (χ3n) is 1.69. The molecule has 0 aliphatic carbocycles. The van der Waals surface area contributed by atoms with Gasteiger partial charge in [-0.15, -0.1) is 0 Å². The minimum Gasteiger partial charge on any atom is -0.495 e. The molecule has 82 valence electrons. The number of aromatic nitrogens is 1. The highest BCUT2D eigenvalue weighted by atomic mass is 35.5. The Morgan fingerprint density at radius 1 is 1.67 bits per heavy atom. The highest BCUT2D eigenvalue weighted by Gasteiger charge is 2.26. The number of hydrogen-bond donors (Lipinski definition) is 1. The fraction of sp³-hybridized carbons (Fsp3) is 0.250. The van der Waals surface area contributed by atoms with Crippen molar-refractivity contribution in [2.24, 2.45) is 0 Å². The van der Waals surface area contributed by atoms with Crippen molar-refractivity contribution >= 4 is 17.6 Å². The number of carboxylic acid groups (broad SMARTS) is 1. The van der Waals surface area contributed by atoms with Crippen LogP contribution in [0.15, 0.2) is 6.20 Å². The number of rotatable bonds is 3. The molecule has 1 aromatic heterocycles. The summed E-state index contributed by atoms with van der Waals surface area (Å²) >= 11 is 5.42. The molecule has 1 heterocycles. The molecule has 1 rings (SSSR count). The Labute approximate surface area is 88.4 Å². The summed E-state index contributed by atoms with van der Waals surface area (Å²) in [6.07, 6.45) is -2.04. The molecule has 0 amide bonds. The second-order valence-corrected chi connectivity index (χ2v) is 2.87. The van der Waals surface area contributed by atoms with E-state index in [0.717, 1.165) is 13.3 Å². The third kappa shape index (κ3) is 2.15. The summed E-state index contributed by atoms with van der Waals surface area (Å²) in [6.45, 7) is 0. The Morgan fingerprint density at radius 3 is 2.67 bits per heavy atom. The standard InChI is InChI=1S/C8H6ClF2NO3/c1-15-3-2-12-6(9)5(8(13)14)4(3)7(10)11/h2,7H,1H3,(H,13,14). The molecular formula is C8H6ClF2NO3. The van der Waals surface area contributed by atoms with Gasteiger partial charge in [0.05, 0.1) is 18.9 Å². The van der Waals surface area contributed by atoms with Crippen molar-refractivity contribution in [3.8, 4) is 5.75 Å². The van der Waals surface area contributed by atoms with Gasteiger partial charge >= 0.3 is 5.97 Å². The van der Waals surface area contributed by atoms with Crippen molar-refractivity contribution in [2.75, 3.05) is 7.11 Å². The first-order chi connectivity index (χ1) is 6.99. The van der Waals surface area contributed by atoms with E-state index in [1.165, 1.54) is 0 Å². The maximum atomic E-state index is 12.6. The molecule has 0 aliphatic rings. The van der Waals surface area contributed by atoms with Gasteiger partial charge in [0, 0.05) is 0 Å². The first-order valence-electron chi connectivity index (χ1n) is 3.72. The van der Waals surface area contributed by atoms with E-state index in [9.17, 15) is 13.6 Å². The largest absolute Gasteiger partial charge is 0.495 e. The molecule has 15 heavy (non-hydrogen) atoms. The number of hydrogen-bond acceptors (Lipinski definition) is 3. The molecule has 4 nitrogen and oxygen atoms in total. The maximum absolute atomic E-state index is 12.6. The third-order valence-corrected chi connectivity index (χ3v) is 1.97. The van der Waals surface area contributed by atoms with Gasteiger partial charge in [0.25, 0.3) is 6.43 Å². The second-order valence-electron chi connectivity index (χ2n) is 2.51. The van der Waals surface area contributed by atoms with Crippen LogP contribution in [0.3, 0.4) is 0 Å². The van der Waals surface area contributed by atoms with Crippen molar-refractivity contribution in [1.29, 1.82) is 0 Å². The number of aromatic carboxylic acids is 1. The predicted octanol–water partition coefficient (Wildman–Crippen LogP) is 2.38. The number of halogens is 3. The molecule has 0 aromatic carbocycles. The molecular weight excluding hydrogens is 232 g/mol. The fourth-order valence-corrected chi connectivity index (χ4v) is 1.30.